The fraction of sp³-hybridized carbons (Fsp3) is 0.455. The van der Waals surface area contributed by atoms with Gasteiger partial charge in [-0.25, -0.2) is 0 Å². The van der Waals surface area contributed by atoms with E-state index in [1.807, 2.05) is 12.1 Å². The summed E-state index contributed by atoms with van der Waals surface area (Å²) in [6, 6.07) is 3.81. The average molecular weight is 272 g/mol. The van der Waals surface area contributed by atoms with Crippen molar-refractivity contribution in [2.75, 3.05) is 20.2 Å². The number of ether oxygens (including phenoxy) is 1. The van der Waals surface area contributed by atoms with Crippen molar-refractivity contribution in [2.45, 2.75) is 6.42 Å². The van der Waals surface area contributed by atoms with Crippen LogP contribution >= 0.6 is 15.9 Å². The molecule has 1 heterocycles. The first-order valence-electron chi connectivity index (χ1n) is 4.97. The minimum atomic E-state index is 0.197. The lowest BCUT2D eigenvalue weighted by Gasteiger charge is -2.27. The Morgan fingerprint density at radius 3 is 2.80 bits per heavy atom. The van der Waals surface area contributed by atoms with E-state index in [9.17, 15) is 5.11 Å². The van der Waals surface area contributed by atoms with E-state index in [1.54, 1.807) is 7.11 Å². The molecule has 2 N–H and O–H groups in total. The first-order valence-corrected chi connectivity index (χ1v) is 5.76. The van der Waals surface area contributed by atoms with E-state index >= 15 is 0 Å². The summed E-state index contributed by atoms with van der Waals surface area (Å²) in [5, 5.41) is 13.0. The van der Waals surface area contributed by atoms with E-state index in [-0.39, 0.29) is 5.75 Å². The van der Waals surface area contributed by atoms with E-state index < -0.39 is 0 Å². The SMILES string of the molecule is COc1ccc(CC2CNC2)c(Br)c1O. The molecule has 15 heavy (non-hydrogen) atoms. The number of phenols is 1. The quantitative estimate of drug-likeness (QED) is 0.883. The van der Waals surface area contributed by atoms with Crippen LogP contribution in [-0.2, 0) is 6.42 Å². The highest BCUT2D eigenvalue weighted by molar-refractivity contribution is 9.10. The van der Waals surface area contributed by atoms with Crippen molar-refractivity contribution in [1.29, 1.82) is 0 Å². The van der Waals surface area contributed by atoms with Gasteiger partial charge in [-0.2, -0.15) is 0 Å². The van der Waals surface area contributed by atoms with Crippen molar-refractivity contribution in [1.82, 2.24) is 5.32 Å². The van der Waals surface area contributed by atoms with Crippen LogP contribution < -0.4 is 10.1 Å². The predicted octanol–water partition coefficient (Wildman–Crippen LogP) is 1.93. The number of hydrogen-bond donors (Lipinski definition) is 2. The van der Waals surface area contributed by atoms with E-state index in [0.29, 0.717) is 11.7 Å². The Bertz CT molecular complexity index is 364. The summed E-state index contributed by atoms with van der Waals surface area (Å²) >= 11 is 3.40. The number of hydrogen-bond acceptors (Lipinski definition) is 3. The smallest absolute Gasteiger partial charge is 0.172 e. The maximum Gasteiger partial charge on any atom is 0.172 e. The van der Waals surface area contributed by atoms with E-state index in [1.165, 1.54) is 0 Å². The molecule has 0 amide bonds. The number of halogens is 1. The molecule has 1 fully saturated rings. The van der Waals surface area contributed by atoms with Gasteiger partial charge in [-0.05, 0) is 53.0 Å². The summed E-state index contributed by atoms with van der Waals surface area (Å²) in [6.07, 6.45) is 0.991. The number of rotatable bonds is 3. The van der Waals surface area contributed by atoms with Gasteiger partial charge in [0.1, 0.15) is 0 Å². The monoisotopic (exact) mass is 271 g/mol. The Hall–Kier alpha value is -0.740. The van der Waals surface area contributed by atoms with E-state index in [4.69, 9.17) is 4.74 Å². The van der Waals surface area contributed by atoms with Crippen LogP contribution in [0.25, 0.3) is 0 Å². The van der Waals surface area contributed by atoms with Crippen LogP contribution in [0.5, 0.6) is 11.5 Å². The lowest BCUT2D eigenvalue weighted by molar-refractivity contribution is 0.343. The molecule has 2 rings (SSSR count). The molecule has 3 nitrogen and oxygen atoms in total. The predicted molar refractivity (Wildman–Crippen MR) is 62.4 cm³/mol. The van der Waals surface area contributed by atoms with Crippen molar-refractivity contribution in [2.24, 2.45) is 5.92 Å². The maximum absolute atomic E-state index is 9.79. The van der Waals surface area contributed by atoms with Gasteiger partial charge in [-0.15, -0.1) is 0 Å². The van der Waals surface area contributed by atoms with Crippen LogP contribution in [0.4, 0.5) is 0 Å². The van der Waals surface area contributed by atoms with Crippen molar-refractivity contribution in [3.63, 3.8) is 0 Å². The van der Waals surface area contributed by atoms with Crippen molar-refractivity contribution in [3.8, 4) is 11.5 Å². The van der Waals surface area contributed by atoms with Crippen LogP contribution in [0, 0.1) is 5.92 Å². The topological polar surface area (TPSA) is 41.5 Å². The summed E-state index contributed by atoms with van der Waals surface area (Å²) in [6.45, 7) is 2.14. The van der Waals surface area contributed by atoms with Crippen LogP contribution in [0.15, 0.2) is 16.6 Å². The van der Waals surface area contributed by atoms with Crippen molar-refractivity contribution >= 4 is 15.9 Å². The summed E-state index contributed by atoms with van der Waals surface area (Å²) in [5.41, 5.74) is 1.14. The van der Waals surface area contributed by atoms with Gasteiger partial charge in [0.25, 0.3) is 0 Å². The van der Waals surface area contributed by atoms with Crippen molar-refractivity contribution in [3.05, 3.63) is 22.2 Å². The third-order valence-electron chi connectivity index (χ3n) is 2.75. The molecule has 1 aliphatic rings. The van der Waals surface area contributed by atoms with Gasteiger partial charge in [0, 0.05) is 0 Å². The number of nitrogens with one attached hydrogen (secondary N) is 1. The molecule has 0 atom stereocenters. The molecule has 0 saturated carbocycles. The Balaban J connectivity index is 2.20. The molecule has 0 radical (unpaired) electrons. The third-order valence-corrected chi connectivity index (χ3v) is 3.64. The minimum absolute atomic E-state index is 0.197. The molecule has 0 aliphatic carbocycles. The van der Waals surface area contributed by atoms with Gasteiger partial charge in [-0.3, -0.25) is 0 Å². The number of benzene rings is 1. The zero-order chi connectivity index (χ0) is 10.8. The maximum atomic E-state index is 9.79. The fourth-order valence-corrected chi connectivity index (χ4v) is 2.20. The Kier molecular flexibility index (Phi) is 3.17. The first-order chi connectivity index (χ1) is 7.22. The summed E-state index contributed by atoms with van der Waals surface area (Å²) in [7, 11) is 1.55. The van der Waals surface area contributed by atoms with Crippen LogP contribution in [-0.4, -0.2) is 25.3 Å². The highest BCUT2D eigenvalue weighted by Gasteiger charge is 2.20. The summed E-state index contributed by atoms with van der Waals surface area (Å²) in [4.78, 5) is 0. The van der Waals surface area contributed by atoms with Gasteiger partial charge < -0.3 is 15.2 Å². The normalized spacial score (nSPS) is 16.1. The standard InChI is InChI=1S/C11H14BrNO2/c1-15-9-3-2-8(10(12)11(9)14)4-7-5-13-6-7/h2-3,7,13-14H,4-6H2,1H3. The molecular formula is C11H14BrNO2. The largest absolute Gasteiger partial charge is 0.503 e. The van der Waals surface area contributed by atoms with Crippen LogP contribution in [0.2, 0.25) is 0 Å². The lowest BCUT2D eigenvalue weighted by atomic mass is 9.94. The van der Waals surface area contributed by atoms with E-state index in [2.05, 4.69) is 21.2 Å². The number of phenolic OH excluding ortho intramolecular Hbond substituents is 1. The summed E-state index contributed by atoms with van der Waals surface area (Å²) in [5.74, 6) is 1.40. The Morgan fingerprint density at radius 2 is 2.27 bits per heavy atom. The third kappa shape index (κ3) is 2.11. The molecular weight excluding hydrogens is 258 g/mol. The zero-order valence-electron chi connectivity index (χ0n) is 8.59. The Labute approximate surface area is 97.6 Å². The Morgan fingerprint density at radius 1 is 1.53 bits per heavy atom. The molecule has 1 aromatic carbocycles. The molecule has 4 heteroatoms. The van der Waals surface area contributed by atoms with Crippen LogP contribution in [0.3, 0.4) is 0 Å². The van der Waals surface area contributed by atoms with Gasteiger partial charge in [0.15, 0.2) is 11.5 Å². The highest BCUT2D eigenvalue weighted by atomic mass is 79.9. The van der Waals surface area contributed by atoms with Gasteiger partial charge in [0.05, 0.1) is 11.6 Å². The fourth-order valence-electron chi connectivity index (χ4n) is 1.71. The molecule has 0 unspecified atom stereocenters. The number of aromatic hydroxyl groups is 1. The minimum Gasteiger partial charge on any atom is -0.503 e. The molecule has 1 aromatic rings. The molecule has 0 bridgehead atoms. The molecule has 0 aromatic heterocycles. The highest BCUT2D eigenvalue weighted by Crippen LogP contribution is 2.37. The summed E-state index contributed by atoms with van der Waals surface area (Å²) < 4.78 is 5.79. The number of methoxy groups -OCH3 is 1. The zero-order valence-corrected chi connectivity index (χ0v) is 10.2. The van der Waals surface area contributed by atoms with Crippen LogP contribution in [0.1, 0.15) is 5.56 Å². The van der Waals surface area contributed by atoms with Gasteiger partial charge in [0.2, 0.25) is 0 Å². The van der Waals surface area contributed by atoms with E-state index in [0.717, 1.165) is 29.5 Å². The van der Waals surface area contributed by atoms with Gasteiger partial charge >= 0.3 is 0 Å². The lowest BCUT2D eigenvalue weighted by Crippen LogP contribution is -2.43. The second-order valence-electron chi connectivity index (χ2n) is 3.82. The average Bonchev–Trinajstić information content (AvgIpc) is 2.18. The molecule has 82 valence electrons. The molecule has 1 saturated heterocycles. The van der Waals surface area contributed by atoms with Crippen molar-refractivity contribution < 1.29 is 9.84 Å². The van der Waals surface area contributed by atoms with Gasteiger partial charge in [-0.1, -0.05) is 6.07 Å². The molecule has 1 aliphatic heterocycles. The molecule has 0 spiro atoms. The second-order valence-corrected chi connectivity index (χ2v) is 4.61. The first kappa shape index (κ1) is 10.8. The second kappa shape index (κ2) is 4.41.